The van der Waals surface area contributed by atoms with Crippen molar-refractivity contribution < 1.29 is 4.42 Å². The Labute approximate surface area is 379 Å². The van der Waals surface area contributed by atoms with Gasteiger partial charge in [-0.15, -0.1) is 0 Å². The Morgan fingerprint density at radius 1 is 0.308 bits per heavy atom. The lowest BCUT2D eigenvalue weighted by Gasteiger charge is -2.20. The molecule has 0 fully saturated rings. The van der Waals surface area contributed by atoms with Gasteiger partial charge in [0, 0.05) is 27.2 Å². The zero-order valence-corrected chi connectivity index (χ0v) is 37.2. The SMILES string of the molecule is C[Si]1(C)c2cc(-c3ccc4oc5ccccc5c4c3)ccc2-c2ccc(-n3c4ccc(-c5ccc(-c6ccccc6)cc5)cc4c4cc(-c5ccc(-c6ccccc6)cc5)ccc43)cc21. The Bertz CT molecular complexity index is 3680. The van der Waals surface area contributed by atoms with E-state index >= 15 is 0 Å². The molecule has 0 spiro atoms. The molecular weight excluding hydrogens is 803 g/mol. The van der Waals surface area contributed by atoms with Gasteiger partial charge in [0.15, 0.2) is 0 Å². The molecule has 0 radical (unpaired) electrons. The molecule has 0 bridgehead atoms. The van der Waals surface area contributed by atoms with E-state index in [1.54, 1.807) is 0 Å². The van der Waals surface area contributed by atoms with Gasteiger partial charge in [-0.1, -0.05) is 183 Å². The minimum atomic E-state index is -2.11. The topological polar surface area (TPSA) is 18.1 Å². The predicted molar refractivity (Wildman–Crippen MR) is 277 cm³/mol. The van der Waals surface area contributed by atoms with Gasteiger partial charge in [0.1, 0.15) is 19.2 Å². The van der Waals surface area contributed by atoms with E-state index in [1.807, 2.05) is 6.07 Å². The molecule has 65 heavy (non-hydrogen) atoms. The molecule has 0 unspecified atom stereocenters. The van der Waals surface area contributed by atoms with Gasteiger partial charge >= 0.3 is 0 Å². The number of hydrogen-bond donors (Lipinski definition) is 0. The van der Waals surface area contributed by atoms with Crippen molar-refractivity contribution in [3.8, 4) is 72.4 Å². The third-order valence-electron chi connectivity index (χ3n) is 14.0. The van der Waals surface area contributed by atoms with E-state index < -0.39 is 8.07 Å². The molecule has 0 atom stereocenters. The van der Waals surface area contributed by atoms with Gasteiger partial charge in [-0.3, -0.25) is 0 Å². The normalized spacial score (nSPS) is 12.9. The first-order valence-corrected chi connectivity index (χ1v) is 25.6. The summed E-state index contributed by atoms with van der Waals surface area (Å²) in [6, 6.07) is 82.7. The molecule has 0 aliphatic carbocycles. The van der Waals surface area contributed by atoms with Crippen LogP contribution in [0, 0.1) is 0 Å². The minimum Gasteiger partial charge on any atom is -0.456 e. The van der Waals surface area contributed by atoms with Crippen molar-refractivity contribution >= 4 is 62.2 Å². The van der Waals surface area contributed by atoms with Crippen molar-refractivity contribution in [2.24, 2.45) is 0 Å². The summed E-state index contributed by atoms with van der Waals surface area (Å²) in [6.45, 7) is 5.04. The Balaban J connectivity index is 0.921. The van der Waals surface area contributed by atoms with Crippen LogP contribution in [0.4, 0.5) is 0 Å². The van der Waals surface area contributed by atoms with Crippen molar-refractivity contribution in [3.05, 3.63) is 224 Å². The van der Waals surface area contributed by atoms with Crippen LogP contribution in [-0.2, 0) is 0 Å². The standard InChI is InChI=1S/C62H43NOSi/c1-65(2)61-38-49(48-28-34-60-56(37-48)51-15-9-10-16-59(51)64-60)25-30-52(61)53-31-29-50(39-62(53)65)63-57-32-26-46(44-21-17-42(18-22-44)40-11-5-3-6-12-40)35-54(57)55-36-47(27-33-58(55)63)45-23-19-43(20-24-45)41-13-7-4-8-14-41/h3-39H,1-2H3. The average Bonchev–Trinajstić information content (AvgIpc) is 3.98. The van der Waals surface area contributed by atoms with Crippen molar-refractivity contribution in [2.45, 2.75) is 13.1 Å². The Kier molecular flexibility index (Phi) is 8.40. The van der Waals surface area contributed by atoms with E-state index in [4.69, 9.17) is 4.42 Å². The summed E-state index contributed by atoms with van der Waals surface area (Å²) in [6.07, 6.45) is 0. The van der Waals surface area contributed by atoms with Gasteiger partial charge in [0.05, 0.1) is 11.0 Å². The highest BCUT2D eigenvalue weighted by Gasteiger charge is 2.38. The summed E-state index contributed by atoms with van der Waals surface area (Å²) < 4.78 is 8.68. The maximum absolute atomic E-state index is 6.18. The molecular formula is C62H43NOSi. The van der Waals surface area contributed by atoms with Crippen LogP contribution in [0.5, 0.6) is 0 Å². The molecule has 3 heteroatoms. The summed E-state index contributed by atoms with van der Waals surface area (Å²) in [4.78, 5) is 0. The third-order valence-corrected chi connectivity index (χ3v) is 17.6. The van der Waals surface area contributed by atoms with E-state index in [-0.39, 0.29) is 0 Å². The molecule has 3 heterocycles. The zero-order valence-electron chi connectivity index (χ0n) is 36.2. The molecule has 12 aromatic rings. The number of hydrogen-bond acceptors (Lipinski definition) is 1. The molecule has 10 aromatic carbocycles. The maximum atomic E-state index is 6.18. The Morgan fingerprint density at radius 3 is 1.31 bits per heavy atom. The predicted octanol–water partition coefficient (Wildman–Crippen LogP) is 15.8. The van der Waals surface area contributed by atoms with Gasteiger partial charge in [-0.25, -0.2) is 0 Å². The van der Waals surface area contributed by atoms with Crippen LogP contribution in [-0.4, -0.2) is 12.6 Å². The van der Waals surface area contributed by atoms with E-state index in [0.717, 1.165) is 21.9 Å². The fourth-order valence-corrected chi connectivity index (χ4v) is 13.7. The highest BCUT2D eigenvalue weighted by Crippen LogP contribution is 2.40. The lowest BCUT2D eigenvalue weighted by Crippen LogP contribution is -2.49. The second-order valence-electron chi connectivity index (χ2n) is 18.1. The summed E-state index contributed by atoms with van der Waals surface area (Å²) in [5, 5.41) is 7.80. The quantitative estimate of drug-likeness (QED) is 0.153. The first-order chi connectivity index (χ1) is 31.9. The van der Waals surface area contributed by atoms with Gasteiger partial charge in [-0.2, -0.15) is 0 Å². The van der Waals surface area contributed by atoms with E-state index in [2.05, 4.69) is 236 Å². The number of fused-ring (bicyclic) bond motifs is 9. The molecule has 2 aromatic heterocycles. The van der Waals surface area contributed by atoms with Crippen LogP contribution in [0.2, 0.25) is 13.1 Å². The average molecular weight is 846 g/mol. The summed E-state index contributed by atoms with van der Waals surface area (Å²) in [5.41, 5.74) is 20.4. The second kappa shape index (κ2) is 14.5. The highest BCUT2D eigenvalue weighted by atomic mass is 28.3. The molecule has 0 saturated heterocycles. The summed E-state index contributed by atoms with van der Waals surface area (Å²) in [5.74, 6) is 0. The number of para-hydroxylation sites is 1. The van der Waals surface area contributed by atoms with Crippen LogP contribution in [0.1, 0.15) is 0 Å². The number of aromatic nitrogens is 1. The second-order valence-corrected chi connectivity index (χ2v) is 22.4. The van der Waals surface area contributed by atoms with Gasteiger partial charge in [0.25, 0.3) is 0 Å². The van der Waals surface area contributed by atoms with Crippen LogP contribution in [0.3, 0.4) is 0 Å². The van der Waals surface area contributed by atoms with E-state index in [9.17, 15) is 0 Å². The van der Waals surface area contributed by atoms with E-state index in [1.165, 1.54) is 105 Å². The number of benzene rings is 10. The smallest absolute Gasteiger partial charge is 0.135 e. The molecule has 0 saturated carbocycles. The lowest BCUT2D eigenvalue weighted by molar-refractivity contribution is 0.669. The molecule has 13 rings (SSSR count). The summed E-state index contributed by atoms with van der Waals surface area (Å²) >= 11 is 0. The Hall–Kier alpha value is -7.98. The highest BCUT2D eigenvalue weighted by molar-refractivity contribution is 7.03. The monoisotopic (exact) mass is 845 g/mol. The van der Waals surface area contributed by atoms with Gasteiger partial charge in [0.2, 0.25) is 0 Å². The van der Waals surface area contributed by atoms with E-state index in [0.29, 0.717) is 0 Å². The van der Waals surface area contributed by atoms with Gasteiger partial charge in [-0.05, 0) is 132 Å². The van der Waals surface area contributed by atoms with Crippen molar-refractivity contribution in [1.29, 1.82) is 0 Å². The Morgan fingerprint density at radius 2 is 0.708 bits per heavy atom. The molecule has 2 nitrogen and oxygen atoms in total. The summed E-state index contributed by atoms with van der Waals surface area (Å²) in [7, 11) is -2.11. The largest absolute Gasteiger partial charge is 0.456 e. The number of rotatable bonds is 6. The van der Waals surface area contributed by atoms with Crippen LogP contribution in [0.15, 0.2) is 229 Å². The lowest BCUT2D eigenvalue weighted by atomic mass is 9.97. The fourth-order valence-electron chi connectivity index (χ4n) is 10.6. The first kappa shape index (κ1) is 37.6. The molecule has 1 aliphatic heterocycles. The zero-order chi connectivity index (χ0) is 43.2. The first-order valence-electron chi connectivity index (χ1n) is 22.6. The van der Waals surface area contributed by atoms with Crippen LogP contribution < -0.4 is 10.4 Å². The molecule has 306 valence electrons. The third kappa shape index (κ3) is 6.08. The van der Waals surface area contributed by atoms with Gasteiger partial charge < -0.3 is 8.98 Å². The maximum Gasteiger partial charge on any atom is 0.135 e. The van der Waals surface area contributed by atoms with Crippen molar-refractivity contribution in [3.63, 3.8) is 0 Å². The molecule has 0 amide bonds. The number of nitrogens with zero attached hydrogens (tertiary/aromatic N) is 1. The van der Waals surface area contributed by atoms with Crippen molar-refractivity contribution in [2.75, 3.05) is 0 Å². The fraction of sp³-hybridized carbons (Fsp3) is 0.0323. The van der Waals surface area contributed by atoms with Crippen LogP contribution in [0.25, 0.3) is 116 Å². The minimum absolute atomic E-state index is 0.929. The number of furan rings is 1. The van der Waals surface area contributed by atoms with Crippen LogP contribution >= 0.6 is 0 Å². The molecule has 0 N–H and O–H groups in total. The molecule has 1 aliphatic rings. The van der Waals surface area contributed by atoms with Crippen molar-refractivity contribution in [1.82, 2.24) is 4.57 Å².